The quantitative estimate of drug-likeness (QED) is 0.827. The number of benzene rings is 1. The minimum atomic E-state index is 0.105. The van der Waals surface area contributed by atoms with Gasteiger partial charge in [0.25, 0.3) is 5.91 Å². The lowest BCUT2D eigenvalue weighted by Crippen LogP contribution is -2.41. The molecular weight excluding hydrogens is 326 g/mol. The van der Waals surface area contributed by atoms with Crippen LogP contribution >= 0.6 is 0 Å². The van der Waals surface area contributed by atoms with E-state index in [1.807, 2.05) is 73.3 Å². The van der Waals surface area contributed by atoms with Crippen LogP contribution in [-0.4, -0.2) is 49.6 Å². The van der Waals surface area contributed by atoms with E-state index in [1.54, 1.807) is 0 Å². The number of carbonyl (C=O) groups is 1. The Morgan fingerprint density at radius 1 is 1.23 bits per heavy atom. The molecule has 3 rings (SSSR count). The van der Waals surface area contributed by atoms with Crippen molar-refractivity contribution in [3.05, 3.63) is 53.7 Å². The van der Waals surface area contributed by atoms with Gasteiger partial charge in [0.05, 0.1) is 6.61 Å². The molecule has 26 heavy (non-hydrogen) atoms. The summed E-state index contributed by atoms with van der Waals surface area (Å²) < 4.78 is 5.85. The van der Waals surface area contributed by atoms with Crippen LogP contribution in [0.3, 0.4) is 0 Å². The monoisotopic (exact) mass is 353 g/mol. The number of piperidine rings is 1. The Morgan fingerprint density at radius 2 is 2.00 bits per heavy atom. The van der Waals surface area contributed by atoms with E-state index in [0.717, 1.165) is 42.9 Å². The van der Waals surface area contributed by atoms with E-state index in [0.29, 0.717) is 18.4 Å². The molecule has 1 aromatic heterocycles. The molecule has 1 atom stereocenters. The van der Waals surface area contributed by atoms with Crippen molar-refractivity contribution in [3.8, 4) is 5.88 Å². The molecule has 0 spiro atoms. The summed E-state index contributed by atoms with van der Waals surface area (Å²) in [4.78, 5) is 21.2. The van der Waals surface area contributed by atoms with Crippen LogP contribution in [0.25, 0.3) is 0 Å². The average Bonchev–Trinajstić information content (AvgIpc) is 2.66. The highest BCUT2D eigenvalue weighted by atomic mass is 16.5. The van der Waals surface area contributed by atoms with E-state index in [-0.39, 0.29) is 5.91 Å². The molecule has 1 aliphatic rings. The first-order valence-corrected chi connectivity index (χ1v) is 9.16. The second-order valence-corrected chi connectivity index (χ2v) is 7.13. The van der Waals surface area contributed by atoms with Gasteiger partial charge in [-0.05, 0) is 50.1 Å². The van der Waals surface area contributed by atoms with Gasteiger partial charge in [-0.1, -0.05) is 6.07 Å². The molecule has 138 valence electrons. The highest BCUT2D eigenvalue weighted by Gasteiger charge is 2.25. The summed E-state index contributed by atoms with van der Waals surface area (Å²) in [7, 11) is 3.99. The number of likely N-dealkylation sites (tertiary alicyclic amines) is 1. The zero-order valence-electron chi connectivity index (χ0n) is 15.8. The van der Waals surface area contributed by atoms with E-state index in [4.69, 9.17) is 4.74 Å². The van der Waals surface area contributed by atoms with Crippen LogP contribution < -0.4 is 9.64 Å². The SMILES string of the molecule is Cc1cccc(OCC2CCCN(C(=O)c3ccc(N(C)C)cc3)C2)n1. The largest absolute Gasteiger partial charge is 0.477 e. The Morgan fingerprint density at radius 3 is 2.69 bits per heavy atom. The van der Waals surface area contributed by atoms with Gasteiger partial charge in [-0.3, -0.25) is 4.79 Å². The van der Waals surface area contributed by atoms with Crippen LogP contribution in [0.4, 0.5) is 5.69 Å². The van der Waals surface area contributed by atoms with Crippen LogP contribution in [0.1, 0.15) is 28.9 Å². The standard InChI is InChI=1S/C21H27N3O2/c1-16-6-4-8-20(22-16)26-15-17-7-5-13-24(14-17)21(25)18-9-11-19(12-10-18)23(2)3/h4,6,8-12,17H,5,7,13-15H2,1-3H3. The Balaban J connectivity index is 1.58. The number of hydrogen-bond donors (Lipinski definition) is 0. The normalized spacial score (nSPS) is 17.0. The van der Waals surface area contributed by atoms with Gasteiger partial charge in [0.15, 0.2) is 0 Å². The number of nitrogens with zero attached hydrogens (tertiary/aromatic N) is 3. The highest BCUT2D eigenvalue weighted by Crippen LogP contribution is 2.21. The third-order valence-corrected chi connectivity index (χ3v) is 4.77. The molecule has 1 fully saturated rings. The molecule has 1 aromatic carbocycles. The predicted octanol–water partition coefficient (Wildman–Crippen LogP) is 3.39. The van der Waals surface area contributed by atoms with Crippen molar-refractivity contribution in [1.82, 2.24) is 9.88 Å². The van der Waals surface area contributed by atoms with Gasteiger partial charge in [0.1, 0.15) is 0 Å². The summed E-state index contributed by atoms with van der Waals surface area (Å²) in [5.74, 6) is 1.11. The minimum Gasteiger partial charge on any atom is -0.477 e. The van der Waals surface area contributed by atoms with Crippen molar-refractivity contribution in [2.75, 3.05) is 38.7 Å². The second-order valence-electron chi connectivity index (χ2n) is 7.13. The molecule has 1 unspecified atom stereocenters. The Kier molecular flexibility index (Phi) is 5.76. The highest BCUT2D eigenvalue weighted by molar-refractivity contribution is 5.94. The van der Waals surface area contributed by atoms with Crippen LogP contribution in [-0.2, 0) is 0 Å². The van der Waals surface area contributed by atoms with Gasteiger partial charge in [0, 0.05) is 56.1 Å². The molecule has 1 saturated heterocycles. The first-order chi connectivity index (χ1) is 12.5. The van der Waals surface area contributed by atoms with Crippen molar-refractivity contribution in [2.24, 2.45) is 5.92 Å². The number of ether oxygens (including phenoxy) is 1. The maximum absolute atomic E-state index is 12.8. The maximum atomic E-state index is 12.8. The minimum absolute atomic E-state index is 0.105. The predicted molar refractivity (Wildman–Crippen MR) is 104 cm³/mol. The molecule has 0 saturated carbocycles. The number of pyridine rings is 1. The number of aryl methyl sites for hydroxylation is 1. The molecular formula is C21H27N3O2. The lowest BCUT2D eigenvalue weighted by Gasteiger charge is -2.32. The van der Waals surface area contributed by atoms with E-state index in [9.17, 15) is 4.79 Å². The summed E-state index contributed by atoms with van der Waals surface area (Å²) in [6.07, 6.45) is 2.09. The third kappa shape index (κ3) is 4.54. The van der Waals surface area contributed by atoms with Gasteiger partial charge in [-0.25, -0.2) is 4.98 Å². The first kappa shape index (κ1) is 18.2. The fraction of sp³-hybridized carbons (Fsp3) is 0.429. The molecule has 0 aliphatic carbocycles. The molecule has 2 aromatic rings. The number of carbonyl (C=O) groups excluding carboxylic acids is 1. The Bertz CT molecular complexity index is 743. The molecule has 0 bridgehead atoms. The lowest BCUT2D eigenvalue weighted by molar-refractivity contribution is 0.0631. The third-order valence-electron chi connectivity index (χ3n) is 4.77. The fourth-order valence-corrected chi connectivity index (χ4v) is 3.27. The summed E-state index contributed by atoms with van der Waals surface area (Å²) in [5.41, 5.74) is 2.79. The summed E-state index contributed by atoms with van der Waals surface area (Å²) in [6.45, 7) is 4.10. The second kappa shape index (κ2) is 8.21. The molecule has 1 amide bonds. The van der Waals surface area contributed by atoms with Crippen molar-refractivity contribution in [3.63, 3.8) is 0 Å². The molecule has 5 nitrogen and oxygen atoms in total. The zero-order valence-corrected chi connectivity index (χ0v) is 15.8. The number of hydrogen-bond acceptors (Lipinski definition) is 4. The van der Waals surface area contributed by atoms with Gasteiger partial charge in [-0.15, -0.1) is 0 Å². The average molecular weight is 353 g/mol. The number of aromatic nitrogens is 1. The molecule has 5 heteroatoms. The van der Waals surface area contributed by atoms with Gasteiger partial charge in [-0.2, -0.15) is 0 Å². The van der Waals surface area contributed by atoms with Crippen LogP contribution in [0.5, 0.6) is 5.88 Å². The first-order valence-electron chi connectivity index (χ1n) is 9.16. The topological polar surface area (TPSA) is 45.7 Å². The molecule has 1 aliphatic heterocycles. The number of anilines is 1. The van der Waals surface area contributed by atoms with Crippen molar-refractivity contribution < 1.29 is 9.53 Å². The van der Waals surface area contributed by atoms with Crippen molar-refractivity contribution >= 4 is 11.6 Å². The Labute approximate surface area is 155 Å². The Hall–Kier alpha value is -2.56. The van der Waals surface area contributed by atoms with Crippen LogP contribution in [0.2, 0.25) is 0 Å². The molecule has 0 radical (unpaired) electrons. The fourth-order valence-electron chi connectivity index (χ4n) is 3.27. The van der Waals surface area contributed by atoms with Gasteiger partial charge in [0.2, 0.25) is 5.88 Å². The van der Waals surface area contributed by atoms with E-state index in [2.05, 4.69) is 4.98 Å². The molecule has 0 N–H and O–H groups in total. The van der Waals surface area contributed by atoms with Crippen molar-refractivity contribution in [1.29, 1.82) is 0 Å². The zero-order chi connectivity index (χ0) is 18.5. The number of amides is 1. The van der Waals surface area contributed by atoms with Crippen molar-refractivity contribution in [2.45, 2.75) is 19.8 Å². The lowest BCUT2D eigenvalue weighted by atomic mass is 9.98. The molecule has 2 heterocycles. The smallest absolute Gasteiger partial charge is 0.253 e. The summed E-state index contributed by atoms with van der Waals surface area (Å²) in [6, 6.07) is 13.6. The van der Waals surface area contributed by atoms with E-state index < -0.39 is 0 Å². The van der Waals surface area contributed by atoms with E-state index in [1.165, 1.54) is 0 Å². The number of rotatable bonds is 5. The van der Waals surface area contributed by atoms with Gasteiger partial charge < -0.3 is 14.5 Å². The van der Waals surface area contributed by atoms with Gasteiger partial charge >= 0.3 is 0 Å². The summed E-state index contributed by atoms with van der Waals surface area (Å²) in [5, 5.41) is 0. The van der Waals surface area contributed by atoms with Crippen LogP contribution in [0.15, 0.2) is 42.5 Å². The van der Waals surface area contributed by atoms with E-state index >= 15 is 0 Å². The van der Waals surface area contributed by atoms with Crippen LogP contribution in [0, 0.1) is 12.8 Å². The maximum Gasteiger partial charge on any atom is 0.253 e. The summed E-state index contributed by atoms with van der Waals surface area (Å²) >= 11 is 0.